The molecule has 2 aromatic carbocycles. The van der Waals surface area contributed by atoms with Crippen LogP contribution < -0.4 is 15.4 Å². The minimum atomic E-state index is -1.24. The summed E-state index contributed by atoms with van der Waals surface area (Å²) in [7, 11) is 5.59. The van der Waals surface area contributed by atoms with Crippen LogP contribution in [0.4, 0.5) is 10.5 Å². The van der Waals surface area contributed by atoms with Crippen molar-refractivity contribution >= 4 is 23.5 Å². The number of hydrogen-bond donors (Lipinski definition) is 2. The molecule has 0 radical (unpaired) electrons. The first-order chi connectivity index (χ1) is 14.7. The van der Waals surface area contributed by atoms with Crippen molar-refractivity contribution in [1.82, 2.24) is 15.1 Å². The summed E-state index contributed by atoms with van der Waals surface area (Å²) < 4.78 is 5.14. The number of carbonyl (C=O) groups is 3. The first-order valence-electron chi connectivity index (χ1n) is 10.0. The van der Waals surface area contributed by atoms with E-state index in [1.807, 2.05) is 38.4 Å². The molecule has 0 bridgehead atoms. The Morgan fingerprint density at radius 1 is 1.10 bits per heavy atom. The van der Waals surface area contributed by atoms with Crippen LogP contribution in [0.3, 0.4) is 0 Å². The summed E-state index contributed by atoms with van der Waals surface area (Å²) in [4.78, 5) is 40.9. The lowest BCUT2D eigenvalue weighted by molar-refractivity contribution is -0.133. The van der Waals surface area contributed by atoms with Crippen molar-refractivity contribution in [2.24, 2.45) is 0 Å². The van der Waals surface area contributed by atoms with Crippen molar-refractivity contribution in [3.05, 3.63) is 59.7 Å². The van der Waals surface area contributed by atoms with Gasteiger partial charge in [-0.05, 0) is 62.8 Å². The first kappa shape index (κ1) is 22.3. The second-order valence-corrected chi connectivity index (χ2v) is 7.97. The Morgan fingerprint density at radius 3 is 2.32 bits per heavy atom. The zero-order valence-electron chi connectivity index (χ0n) is 18.3. The number of likely N-dealkylation sites (N-methyl/N-ethyl adjacent to an activating group) is 1. The normalized spacial score (nSPS) is 18.3. The summed E-state index contributed by atoms with van der Waals surface area (Å²) >= 11 is 0. The third-order valence-corrected chi connectivity index (χ3v) is 5.33. The molecule has 1 aliphatic rings. The van der Waals surface area contributed by atoms with E-state index in [4.69, 9.17) is 4.74 Å². The molecule has 8 heteroatoms. The fourth-order valence-corrected chi connectivity index (χ4v) is 3.41. The fraction of sp³-hybridized carbons (Fsp3) is 0.348. The average Bonchev–Trinajstić information content (AvgIpc) is 2.97. The van der Waals surface area contributed by atoms with Crippen LogP contribution in [0, 0.1) is 0 Å². The molecular weight excluding hydrogens is 396 g/mol. The smallest absolute Gasteiger partial charge is 0.325 e. The van der Waals surface area contributed by atoms with Crippen molar-refractivity contribution in [2.45, 2.75) is 18.9 Å². The lowest BCUT2D eigenvalue weighted by atomic mass is 9.92. The maximum Gasteiger partial charge on any atom is 0.325 e. The first-order valence-corrected chi connectivity index (χ1v) is 10.0. The second kappa shape index (κ2) is 9.18. The molecule has 1 heterocycles. The average molecular weight is 425 g/mol. The van der Waals surface area contributed by atoms with Crippen LogP contribution in [0.25, 0.3) is 0 Å². The quantitative estimate of drug-likeness (QED) is 0.634. The third kappa shape index (κ3) is 5.03. The number of methoxy groups -OCH3 is 1. The van der Waals surface area contributed by atoms with Crippen molar-refractivity contribution in [2.75, 3.05) is 39.6 Å². The van der Waals surface area contributed by atoms with Gasteiger partial charge in [0.15, 0.2) is 0 Å². The number of anilines is 1. The molecule has 1 fully saturated rings. The Labute approximate surface area is 182 Å². The Balaban J connectivity index is 1.63. The van der Waals surface area contributed by atoms with Crippen LogP contribution in [0.15, 0.2) is 48.5 Å². The third-order valence-electron chi connectivity index (χ3n) is 5.33. The number of carbonyl (C=O) groups excluding carboxylic acids is 3. The van der Waals surface area contributed by atoms with E-state index in [0.717, 1.165) is 23.4 Å². The molecule has 1 unspecified atom stereocenters. The van der Waals surface area contributed by atoms with Crippen molar-refractivity contribution in [3.63, 3.8) is 0 Å². The number of hydrogen-bond acceptors (Lipinski definition) is 5. The lowest BCUT2D eigenvalue weighted by Crippen LogP contribution is -2.42. The molecule has 1 aliphatic heterocycles. The predicted molar refractivity (Wildman–Crippen MR) is 118 cm³/mol. The van der Waals surface area contributed by atoms with Gasteiger partial charge in [-0.2, -0.15) is 0 Å². The van der Waals surface area contributed by atoms with Gasteiger partial charge >= 0.3 is 6.03 Å². The Kier molecular flexibility index (Phi) is 6.60. The van der Waals surface area contributed by atoms with Crippen LogP contribution in [-0.2, 0) is 21.5 Å². The highest BCUT2D eigenvalue weighted by Gasteiger charge is 2.49. The predicted octanol–water partition coefficient (Wildman–Crippen LogP) is 2.20. The van der Waals surface area contributed by atoms with Crippen molar-refractivity contribution < 1.29 is 19.1 Å². The summed E-state index contributed by atoms with van der Waals surface area (Å²) in [5.41, 5.74) is 1.15. The Hall–Kier alpha value is -3.39. The van der Waals surface area contributed by atoms with Gasteiger partial charge in [0.1, 0.15) is 17.8 Å². The van der Waals surface area contributed by atoms with Gasteiger partial charge in [0, 0.05) is 12.2 Å². The van der Waals surface area contributed by atoms with Gasteiger partial charge in [0.25, 0.3) is 5.91 Å². The Bertz CT molecular complexity index is 957. The van der Waals surface area contributed by atoms with Crippen LogP contribution in [0.5, 0.6) is 5.75 Å². The second-order valence-electron chi connectivity index (χ2n) is 7.97. The van der Waals surface area contributed by atoms with Gasteiger partial charge in [-0.15, -0.1) is 0 Å². The van der Waals surface area contributed by atoms with Crippen molar-refractivity contribution in [3.8, 4) is 5.75 Å². The number of nitrogens with zero attached hydrogens (tertiary/aromatic N) is 2. The number of urea groups is 1. The molecule has 4 amide bonds. The van der Waals surface area contributed by atoms with E-state index in [0.29, 0.717) is 17.0 Å². The molecule has 3 rings (SSSR count). The van der Waals surface area contributed by atoms with Gasteiger partial charge in [0.2, 0.25) is 5.91 Å². The number of amides is 4. The molecule has 2 N–H and O–H groups in total. The number of nitrogens with one attached hydrogen (secondary N) is 2. The summed E-state index contributed by atoms with van der Waals surface area (Å²) in [6.45, 7) is 2.20. The summed E-state index contributed by atoms with van der Waals surface area (Å²) in [6.07, 6.45) is 0.910. The molecule has 0 saturated carbocycles. The monoisotopic (exact) mass is 424 g/mol. The molecule has 0 aliphatic carbocycles. The SMILES string of the molecule is COc1ccc(C2(C)NC(=O)N(CC(=O)Nc3ccc(CCN(C)C)cc3)C2=O)cc1. The summed E-state index contributed by atoms with van der Waals surface area (Å²) in [5.74, 6) is -0.270. The van der Waals surface area contributed by atoms with Gasteiger partial charge < -0.3 is 20.3 Å². The van der Waals surface area contributed by atoms with E-state index >= 15 is 0 Å². The number of imide groups is 1. The molecule has 2 aromatic rings. The number of rotatable bonds is 8. The highest BCUT2D eigenvalue weighted by Crippen LogP contribution is 2.30. The van der Waals surface area contributed by atoms with Gasteiger partial charge in [0.05, 0.1) is 7.11 Å². The minimum absolute atomic E-state index is 0.362. The molecular formula is C23H28N4O4. The minimum Gasteiger partial charge on any atom is -0.497 e. The van der Waals surface area contributed by atoms with Gasteiger partial charge in [-0.1, -0.05) is 24.3 Å². The molecule has 1 atom stereocenters. The van der Waals surface area contributed by atoms with Crippen LogP contribution in [0.1, 0.15) is 18.1 Å². The van der Waals surface area contributed by atoms with Crippen LogP contribution in [-0.4, -0.2) is 61.9 Å². The van der Waals surface area contributed by atoms with E-state index < -0.39 is 23.4 Å². The number of ether oxygens (including phenoxy) is 1. The van der Waals surface area contributed by atoms with E-state index in [2.05, 4.69) is 15.5 Å². The lowest BCUT2D eigenvalue weighted by Gasteiger charge is -2.22. The van der Waals surface area contributed by atoms with E-state index in [9.17, 15) is 14.4 Å². The summed E-state index contributed by atoms with van der Waals surface area (Å²) in [5, 5.41) is 5.44. The molecule has 31 heavy (non-hydrogen) atoms. The van der Waals surface area contributed by atoms with Crippen molar-refractivity contribution in [1.29, 1.82) is 0 Å². The van der Waals surface area contributed by atoms with E-state index in [-0.39, 0.29) is 6.54 Å². The maximum atomic E-state index is 13.0. The van der Waals surface area contributed by atoms with E-state index in [1.165, 1.54) is 0 Å². The number of benzene rings is 2. The maximum absolute atomic E-state index is 13.0. The topological polar surface area (TPSA) is 91.0 Å². The van der Waals surface area contributed by atoms with Gasteiger partial charge in [-0.25, -0.2) is 4.79 Å². The fourth-order valence-electron chi connectivity index (χ4n) is 3.41. The van der Waals surface area contributed by atoms with Crippen LogP contribution in [0.2, 0.25) is 0 Å². The van der Waals surface area contributed by atoms with E-state index in [1.54, 1.807) is 38.3 Å². The molecule has 8 nitrogen and oxygen atoms in total. The molecule has 0 aromatic heterocycles. The van der Waals surface area contributed by atoms with Gasteiger partial charge in [-0.3, -0.25) is 14.5 Å². The highest BCUT2D eigenvalue weighted by molar-refractivity contribution is 6.10. The highest BCUT2D eigenvalue weighted by atomic mass is 16.5. The zero-order chi connectivity index (χ0) is 22.6. The van der Waals surface area contributed by atoms with Crippen LogP contribution >= 0.6 is 0 Å². The Morgan fingerprint density at radius 2 is 1.74 bits per heavy atom. The molecule has 1 saturated heterocycles. The molecule has 164 valence electrons. The standard InChI is InChI=1S/C23H28N4O4/c1-23(17-7-11-19(31-4)12-8-17)21(29)27(22(30)25-23)15-20(28)24-18-9-5-16(6-10-18)13-14-26(2)3/h5-12H,13-15H2,1-4H3,(H,24,28)(H,25,30). The molecule has 0 spiro atoms. The summed E-state index contributed by atoms with van der Waals surface area (Å²) in [6, 6.07) is 13.8. The zero-order valence-corrected chi connectivity index (χ0v) is 18.3. The largest absolute Gasteiger partial charge is 0.497 e.